The van der Waals surface area contributed by atoms with Crippen LogP contribution in [0.5, 0.6) is 0 Å². The molecule has 0 aromatic heterocycles. The van der Waals surface area contributed by atoms with Crippen LogP contribution in [0.1, 0.15) is 61.8 Å². The number of nitrogens with zero attached hydrogens (tertiary/aromatic N) is 1. The summed E-state index contributed by atoms with van der Waals surface area (Å²) >= 11 is 0. The van der Waals surface area contributed by atoms with Gasteiger partial charge in [0.25, 0.3) is 0 Å². The van der Waals surface area contributed by atoms with Crippen LogP contribution in [0.15, 0.2) is 48.5 Å². The Morgan fingerprint density at radius 3 is 2.81 bits per heavy atom. The number of anilines is 1. The van der Waals surface area contributed by atoms with E-state index in [0.29, 0.717) is 6.42 Å². The molecule has 1 saturated heterocycles. The zero-order valence-corrected chi connectivity index (χ0v) is 16.1. The molecule has 3 nitrogen and oxygen atoms in total. The number of benzene rings is 2. The number of likely N-dealkylation sites (tertiary alicyclic amines) is 1. The number of hydrogen-bond acceptors (Lipinski definition) is 2. The summed E-state index contributed by atoms with van der Waals surface area (Å²) in [6.45, 7) is 3.00. The maximum absolute atomic E-state index is 12.9. The summed E-state index contributed by atoms with van der Waals surface area (Å²) in [5, 5.41) is 0. The van der Waals surface area contributed by atoms with Gasteiger partial charge in [0, 0.05) is 24.2 Å². The van der Waals surface area contributed by atoms with E-state index in [0.717, 1.165) is 49.0 Å². The molecule has 3 heteroatoms. The number of carbonyl (C=O) groups excluding carboxylic acids is 1. The highest BCUT2D eigenvalue weighted by Crippen LogP contribution is 2.32. The van der Waals surface area contributed by atoms with Crippen molar-refractivity contribution in [1.82, 2.24) is 4.90 Å². The van der Waals surface area contributed by atoms with Gasteiger partial charge < -0.3 is 10.6 Å². The van der Waals surface area contributed by atoms with Gasteiger partial charge in [-0.2, -0.15) is 0 Å². The lowest BCUT2D eigenvalue weighted by atomic mass is 10.0. The van der Waals surface area contributed by atoms with Gasteiger partial charge in [0.2, 0.25) is 5.91 Å². The smallest absolute Gasteiger partial charge is 0.227 e. The molecule has 1 aliphatic heterocycles. The standard InChI is InChI=1S/C24H28N2O/c1-2-3-4-5-8-19-9-6-10-21(17-19)23-11-7-16-26(23)24(27)18-20-12-14-22(25)15-13-20/h6,9-10,12-15,17,23H,2-4,7,11,16,18,25H2,1H3. The van der Waals surface area contributed by atoms with Crippen LogP contribution < -0.4 is 5.73 Å². The molecule has 2 aromatic carbocycles. The van der Waals surface area contributed by atoms with Crippen molar-refractivity contribution in [3.63, 3.8) is 0 Å². The summed E-state index contributed by atoms with van der Waals surface area (Å²) in [7, 11) is 0. The molecular formula is C24H28N2O. The molecule has 1 amide bonds. The predicted molar refractivity (Wildman–Crippen MR) is 111 cm³/mol. The summed E-state index contributed by atoms with van der Waals surface area (Å²) < 4.78 is 0. The van der Waals surface area contributed by atoms with Crippen molar-refractivity contribution in [3.05, 3.63) is 65.2 Å². The van der Waals surface area contributed by atoms with Crippen LogP contribution in [0.3, 0.4) is 0 Å². The molecule has 1 unspecified atom stereocenters. The zero-order chi connectivity index (χ0) is 19.1. The lowest BCUT2D eigenvalue weighted by Crippen LogP contribution is -2.31. The molecule has 140 valence electrons. The van der Waals surface area contributed by atoms with Crippen molar-refractivity contribution < 1.29 is 4.79 Å². The van der Waals surface area contributed by atoms with Gasteiger partial charge in [0.05, 0.1) is 12.5 Å². The highest BCUT2D eigenvalue weighted by molar-refractivity contribution is 5.79. The zero-order valence-electron chi connectivity index (χ0n) is 16.1. The van der Waals surface area contributed by atoms with E-state index >= 15 is 0 Å². The second-order valence-corrected chi connectivity index (χ2v) is 7.19. The first-order chi connectivity index (χ1) is 13.2. The van der Waals surface area contributed by atoms with Crippen LogP contribution in [-0.2, 0) is 11.2 Å². The molecule has 3 rings (SSSR count). The van der Waals surface area contributed by atoms with Gasteiger partial charge in [0.15, 0.2) is 0 Å². The highest BCUT2D eigenvalue weighted by Gasteiger charge is 2.29. The average molecular weight is 361 g/mol. The van der Waals surface area contributed by atoms with Crippen LogP contribution in [0.2, 0.25) is 0 Å². The first kappa shape index (κ1) is 19.0. The number of amides is 1. The number of unbranched alkanes of at least 4 members (excludes halogenated alkanes) is 2. The molecular weight excluding hydrogens is 332 g/mol. The Morgan fingerprint density at radius 2 is 2.04 bits per heavy atom. The lowest BCUT2D eigenvalue weighted by molar-refractivity contribution is -0.131. The fraction of sp³-hybridized carbons (Fsp3) is 0.375. The molecule has 2 aromatic rings. The molecule has 27 heavy (non-hydrogen) atoms. The van der Waals surface area contributed by atoms with Crippen molar-refractivity contribution in [2.75, 3.05) is 12.3 Å². The normalized spacial score (nSPS) is 16.0. The van der Waals surface area contributed by atoms with Crippen LogP contribution in [0.25, 0.3) is 0 Å². The van der Waals surface area contributed by atoms with Crippen molar-refractivity contribution in [1.29, 1.82) is 0 Å². The molecule has 1 fully saturated rings. The topological polar surface area (TPSA) is 46.3 Å². The van der Waals surface area contributed by atoms with Gasteiger partial charge in [0.1, 0.15) is 0 Å². The Morgan fingerprint density at radius 1 is 1.22 bits per heavy atom. The molecule has 1 atom stereocenters. The first-order valence-electron chi connectivity index (χ1n) is 9.90. The molecule has 0 aliphatic carbocycles. The second kappa shape index (κ2) is 9.28. The maximum Gasteiger partial charge on any atom is 0.227 e. The van der Waals surface area contributed by atoms with E-state index in [-0.39, 0.29) is 11.9 Å². The third-order valence-corrected chi connectivity index (χ3v) is 5.07. The number of nitrogens with two attached hydrogens (primary N) is 1. The molecule has 0 saturated carbocycles. The third kappa shape index (κ3) is 5.14. The predicted octanol–water partition coefficient (Wildman–Crippen LogP) is 4.72. The Bertz CT molecular complexity index is 829. The molecule has 1 heterocycles. The van der Waals surface area contributed by atoms with E-state index in [1.165, 1.54) is 12.0 Å². The summed E-state index contributed by atoms with van der Waals surface area (Å²) in [5.74, 6) is 6.70. The summed E-state index contributed by atoms with van der Waals surface area (Å²) in [4.78, 5) is 14.9. The van der Waals surface area contributed by atoms with Crippen LogP contribution in [0, 0.1) is 11.8 Å². The van der Waals surface area contributed by atoms with Crippen molar-refractivity contribution in [2.45, 2.75) is 51.5 Å². The summed E-state index contributed by atoms with van der Waals surface area (Å²) in [6, 6.07) is 16.1. The Labute approximate surface area is 162 Å². The third-order valence-electron chi connectivity index (χ3n) is 5.07. The average Bonchev–Trinajstić information content (AvgIpc) is 3.17. The van der Waals surface area contributed by atoms with Gasteiger partial charge >= 0.3 is 0 Å². The van der Waals surface area contributed by atoms with Gasteiger partial charge in [-0.1, -0.05) is 49.5 Å². The Balaban J connectivity index is 1.70. The van der Waals surface area contributed by atoms with Crippen molar-refractivity contribution in [3.8, 4) is 11.8 Å². The number of carbonyl (C=O) groups is 1. The van der Waals surface area contributed by atoms with Crippen molar-refractivity contribution in [2.24, 2.45) is 0 Å². The van der Waals surface area contributed by atoms with E-state index in [2.05, 4.69) is 43.0 Å². The Kier molecular flexibility index (Phi) is 6.54. The highest BCUT2D eigenvalue weighted by atomic mass is 16.2. The molecule has 2 N–H and O–H groups in total. The molecule has 0 radical (unpaired) electrons. The first-order valence-corrected chi connectivity index (χ1v) is 9.90. The van der Waals surface area contributed by atoms with Crippen molar-refractivity contribution >= 4 is 11.6 Å². The fourth-order valence-electron chi connectivity index (χ4n) is 3.58. The van der Waals surface area contributed by atoms with Crippen LogP contribution >= 0.6 is 0 Å². The van der Waals surface area contributed by atoms with Crippen LogP contribution in [0.4, 0.5) is 5.69 Å². The minimum Gasteiger partial charge on any atom is -0.399 e. The summed E-state index contributed by atoms with van der Waals surface area (Å²) in [5.41, 5.74) is 9.71. The maximum atomic E-state index is 12.9. The minimum absolute atomic E-state index is 0.156. The molecule has 1 aliphatic rings. The molecule has 0 bridgehead atoms. The second-order valence-electron chi connectivity index (χ2n) is 7.19. The van der Waals surface area contributed by atoms with Gasteiger partial charge in [-0.25, -0.2) is 0 Å². The summed E-state index contributed by atoms with van der Waals surface area (Å²) in [6.07, 6.45) is 5.74. The van der Waals surface area contributed by atoms with Crippen LogP contribution in [-0.4, -0.2) is 17.4 Å². The van der Waals surface area contributed by atoms with E-state index in [1.54, 1.807) is 0 Å². The minimum atomic E-state index is 0.156. The van der Waals surface area contributed by atoms with Gasteiger partial charge in [-0.3, -0.25) is 4.79 Å². The van der Waals surface area contributed by atoms with Gasteiger partial charge in [-0.15, -0.1) is 0 Å². The fourth-order valence-corrected chi connectivity index (χ4v) is 3.58. The Hall–Kier alpha value is -2.73. The lowest BCUT2D eigenvalue weighted by Gasteiger charge is -2.25. The van der Waals surface area contributed by atoms with E-state index in [9.17, 15) is 4.79 Å². The number of hydrogen-bond donors (Lipinski definition) is 1. The quantitative estimate of drug-likeness (QED) is 0.476. The van der Waals surface area contributed by atoms with Gasteiger partial charge in [-0.05, 0) is 54.7 Å². The van der Waals surface area contributed by atoms with E-state index in [4.69, 9.17) is 5.73 Å². The van der Waals surface area contributed by atoms with E-state index in [1.807, 2.05) is 29.2 Å². The van der Waals surface area contributed by atoms with E-state index < -0.39 is 0 Å². The monoisotopic (exact) mass is 360 g/mol. The molecule has 0 spiro atoms. The largest absolute Gasteiger partial charge is 0.399 e. The number of rotatable bonds is 5. The number of nitrogen functional groups attached to an aromatic ring is 1. The SMILES string of the molecule is CCCCC#Cc1cccc(C2CCCN2C(=O)Cc2ccc(N)cc2)c1.